The molecule has 6 nitrogen and oxygen atoms in total. The summed E-state index contributed by atoms with van der Waals surface area (Å²) in [6, 6.07) is 10.9. The van der Waals surface area contributed by atoms with E-state index >= 15 is 0 Å². The first-order valence-electron chi connectivity index (χ1n) is 8.67. The zero-order chi connectivity index (χ0) is 18.6. The number of nitrogens with one attached hydrogen (secondary N) is 2. The number of carbonyl (C=O) groups excluding carboxylic acids is 2. The maximum Gasteiger partial charge on any atom is 0.257 e. The average Bonchev–Trinajstić information content (AvgIpc) is 2.60. The summed E-state index contributed by atoms with van der Waals surface area (Å²) in [7, 11) is 0. The van der Waals surface area contributed by atoms with E-state index in [0.29, 0.717) is 31.0 Å². The maximum absolute atomic E-state index is 12.5. The second kappa shape index (κ2) is 7.66. The van der Waals surface area contributed by atoms with Gasteiger partial charge in [0.15, 0.2) is 0 Å². The number of carbonyl (C=O) groups is 2. The Morgan fingerprint density at radius 1 is 1.23 bits per heavy atom. The Hall–Kier alpha value is -2.73. The third-order valence-electron chi connectivity index (χ3n) is 4.84. The number of aromatic nitrogens is 1. The standard InChI is InChI=1S/C20H23N3O3/c1-14(2)20(12-26-13-20)19(25)22-10-15-5-3-7-17(9-15)23-18(24)16-6-4-8-21-11-16/h3-9,11,14H,10,12-13H2,1-2H3,(H,22,25)(H,23,24). The summed E-state index contributed by atoms with van der Waals surface area (Å²) in [5.74, 6) is 0.0227. The molecule has 26 heavy (non-hydrogen) atoms. The van der Waals surface area contributed by atoms with E-state index in [2.05, 4.69) is 15.6 Å². The van der Waals surface area contributed by atoms with Crippen molar-refractivity contribution in [2.24, 2.45) is 11.3 Å². The highest BCUT2D eigenvalue weighted by atomic mass is 16.5. The number of amides is 2. The molecular formula is C20H23N3O3. The lowest BCUT2D eigenvalue weighted by Gasteiger charge is -2.43. The molecule has 6 heteroatoms. The smallest absolute Gasteiger partial charge is 0.257 e. The summed E-state index contributed by atoms with van der Waals surface area (Å²) < 4.78 is 5.26. The molecule has 3 rings (SSSR count). The van der Waals surface area contributed by atoms with Gasteiger partial charge in [0.05, 0.1) is 24.2 Å². The molecule has 1 aromatic heterocycles. The van der Waals surface area contributed by atoms with Gasteiger partial charge in [0.1, 0.15) is 0 Å². The molecular weight excluding hydrogens is 330 g/mol. The molecule has 1 aliphatic rings. The van der Waals surface area contributed by atoms with E-state index in [1.165, 1.54) is 6.20 Å². The largest absolute Gasteiger partial charge is 0.379 e. The van der Waals surface area contributed by atoms with Crippen molar-refractivity contribution in [3.8, 4) is 0 Å². The van der Waals surface area contributed by atoms with E-state index in [9.17, 15) is 9.59 Å². The van der Waals surface area contributed by atoms with Crippen LogP contribution in [0.1, 0.15) is 29.8 Å². The van der Waals surface area contributed by atoms with E-state index in [1.54, 1.807) is 18.3 Å². The van der Waals surface area contributed by atoms with Crippen molar-refractivity contribution in [3.63, 3.8) is 0 Å². The molecule has 1 aromatic carbocycles. The van der Waals surface area contributed by atoms with Gasteiger partial charge in [-0.05, 0) is 35.7 Å². The van der Waals surface area contributed by atoms with Gasteiger partial charge in [-0.3, -0.25) is 14.6 Å². The van der Waals surface area contributed by atoms with Crippen molar-refractivity contribution in [3.05, 3.63) is 59.9 Å². The fourth-order valence-corrected chi connectivity index (χ4v) is 2.87. The van der Waals surface area contributed by atoms with Crippen molar-refractivity contribution in [1.82, 2.24) is 10.3 Å². The first-order valence-corrected chi connectivity index (χ1v) is 8.67. The number of benzene rings is 1. The molecule has 0 spiro atoms. The quantitative estimate of drug-likeness (QED) is 0.837. The Kier molecular flexibility index (Phi) is 5.32. The third kappa shape index (κ3) is 3.75. The molecule has 2 heterocycles. The van der Waals surface area contributed by atoms with Crippen LogP contribution in [0.3, 0.4) is 0 Å². The topological polar surface area (TPSA) is 80.3 Å². The minimum atomic E-state index is -0.424. The van der Waals surface area contributed by atoms with Crippen molar-refractivity contribution < 1.29 is 14.3 Å². The van der Waals surface area contributed by atoms with Crippen LogP contribution in [0.2, 0.25) is 0 Å². The lowest BCUT2D eigenvalue weighted by Crippen LogP contribution is -2.57. The number of nitrogens with zero attached hydrogens (tertiary/aromatic N) is 1. The molecule has 0 aliphatic carbocycles. The molecule has 1 saturated heterocycles. The molecule has 2 N–H and O–H groups in total. The van der Waals surface area contributed by atoms with E-state index in [0.717, 1.165) is 5.56 Å². The number of rotatable bonds is 6. The zero-order valence-electron chi connectivity index (χ0n) is 15.0. The summed E-state index contributed by atoms with van der Waals surface area (Å²) in [5, 5.41) is 5.84. The molecule has 1 aliphatic heterocycles. The van der Waals surface area contributed by atoms with Gasteiger partial charge in [0.25, 0.3) is 5.91 Å². The van der Waals surface area contributed by atoms with Gasteiger partial charge in [-0.2, -0.15) is 0 Å². The van der Waals surface area contributed by atoms with Gasteiger partial charge in [0, 0.05) is 24.6 Å². The van der Waals surface area contributed by atoms with Crippen LogP contribution in [-0.4, -0.2) is 30.0 Å². The Labute approximate surface area is 153 Å². The summed E-state index contributed by atoms with van der Waals surface area (Å²) in [6.45, 7) is 5.42. The van der Waals surface area contributed by atoms with E-state index < -0.39 is 5.41 Å². The number of ether oxygens (including phenoxy) is 1. The zero-order valence-corrected chi connectivity index (χ0v) is 15.0. The monoisotopic (exact) mass is 353 g/mol. The SMILES string of the molecule is CC(C)C1(C(=O)NCc2cccc(NC(=O)c3cccnc3)c2)COC1. The second-order valence-electron chi connectivity index (χ2n) is 6.88. The molecule has 136 valence electrons. The van der Waals surface area contributed by atoms with Crippen molar-refractivity contribution in [2.75, 3.05) is 18.5 Å². The van der Waals surface area contributed by atoms with Crippen LogP contribution in [0.4, 0.5) is 5.69 Å². The van der Waals surface area contributed by atoms with E-state index in [4.69, 9.17) is 4.74 Å². The fourth-order valence-electron chi connectivity index (χ4n) is 2.87. The van der Waals surface area contributed by atoms with Gasteiger partial charge in [-0.1, -0.05) is 26.0 Å². The predicted molar refractivity (Wildman–Crippen MR) is 98.6 cm³/mol. The average molecular weight is 353 g/mol. The highest BCUT2D eigenvalue weighted by molar-refractivity contribution is 6.04. The van der Waals surface area contributed by atoms with E-state index in [-0.39, 0.29) is 17.7 Å². The van der Waals surface area contributed by atoms with Crippen molar-refractivity contribution in [2.45, 2.75) is 20.4 Å². The number of pyridine rings is 1. The Morgan fingerprint density at radius 2 is 2.04 bits per heavy atom. The summed E-state index contributed by atoms with van der Waals surface area (Å²) >= 11 is 0. The number of hydrogen-bond acceptors (Lipinski definition) is 4. The van der Waals surface area contributed by atoms with Gasteiger partial charge < -0.3 is 15.4 Å². The van der Waals surface area contributed by atoms with Crippen LogP contribution in [0.15, 0.2) is 48.8 Å². The van der Waals surface area contributed by atoms with Gasteiger partial charge >= 0.3 is 0 Å². The first kappa shape index (κ1) is 18.1. The third-order valence-corrected chi connectivity index (χ3v) is 4.84. The minimum absolute atomic E-state index is 0.0172. The minimum Gasteiger partial charge on any atom is -0.379 e. The summed E-state index contributed by atoms with van der Waals surface area (Å²) in [6.07, 6.45) is 3.14. The fraction of sp³-hybridized carbons (Fsp3) is 0.350. The normalized spacial score (nSPS) is 15.2. The maximum atomic E-state index is 12.5. The molecule has 0 radical (unpaired) electrons. The molecule has 0 bridgehead atoms. The predicted octanol–water partition coefficient (Wildman–Crippen LogP) is 2.62. The Balaban J connectivity index is 1.61. The number of anilines is 1. The number of hydrogen-bond donors (Lipinski definition) is 2. The molecule has 1 fully saturated rings. The first-order chi connectivity index (χ1) is 12.5. The molecule has 2 amide bonds. The van der Waals surface area contributed by atoms with Gasteiger partial charge in [-0.25, -0.2) is 0 Å². The lowest BCUT2D eigenvalue weighted by molar-refractivity contribution is -0.171. The molecule has 0 unspecified atom stereocenters. The van der Waals surface area contributed by atoms with Crippen molar-refractivity contribution >= 4 is 17.5 Å². The van der Waals surface area contributed by atoms with Crippen LogP contribution in [0.25, 0.3) is 0 Å². The van der Waals surface area contributed by atoms with Crippen LogP contribution >= 0.6 is 0 Å². The van der Waals surface area contributed by atoms with E-state index in [1.807, 2.05) is 38.1 Å². The Bertz CT molecular complexity index is 786. The molecule has 2 aromatic rings. The summed E-state index contributed by atoms with van der Waals surface area (Å²) in [4.78, 5) is 28.7. The van der Waals surface area contributed by atoms with Crippen LogP contribution in [0, 0.1) is 11.3 Å². The molecule has 0 saturated carbocycles. The highest BCUT2D eigenvalue weighted by Crippen LogP contribution is 2.35. The lowest BCUT2D eigenvalue weighted by atomic mass is 9.74. The second-order valence-corrected chi connectivity index (χ2v) is 6.88. The van der Waals surface area contributed by atoms with Crippen molar-refractivity contribution in [1.29, 1.82) is 0 Å². The van der Waals surface area contributed by atoms with Crippen LogP contribution < -0.4 is 10.6 Å². The van der Waals surface area contributed by atoms with Crippen LogP contribution in [-0.2, 0) is 16.1 Å². The Morgan fingerprint density at radius 3 is 2.65 bits per heavy atom. The summed E-state index contributed by atoms with van der Waals surface area (Å²) in [5.41, 5.74) is 1.67. The molecule has 0 atom stereocenters. The highest BCUT2D eigenvalue weighted by Gasteiger charge is 2.48. The van der Waals surface area contributed by atoms with Crippen LogP contribution in [0.5, 0.6) is 0 Å². The van der Waals surface area contributed by atoms with Gasteiger partial charge in [0.2, 0.25) is 5.91 Å². The van der Waals surface area contributed by atoms with Gasteiger partial charge in [-0.15, -0.1) is 0 Å².